The van der Waals surface area contributed by atoms with Gasteiger partial charge in [-0.05, 0) is 70.0 Å². The van der Waals surface area contributed by atoms with Gasteiger partial charge in [-0.1, -0.05) is 48.5 Å². The van der Waals surface area contributed by atoms with E-state index in [2.05, 4.69) is 106 Å². The Morgan fingerprint density at radius 2 is 1.08 bits per heavy atom. The van der Waals surface area contributed by atoms with Crippen molar-refractivity contribution in [3.63, 3.8) is 0 Å². The number of hydrogen-bond acceptors (Lipinski definition) is 2. The number of nitrogens with zero attached hydrogens (tertiary/aromatic N) is 1. The van der Waals surface area contributed by atoms with Gasteiger partial charge in [0.1, 0.15) is 0 Å². The van der Waals surface area contributed by atoms with Crippen LogP contribution in [0, 0.1) is 0 Å². The monoisotopic (exact) mass is 405 g/mol. The molecule has 3 heteroatoms. The van der Waals surface area contributed by atoms with Gasteiger partial charge in [0, 0.05) is 21.9 Å². The third-order valence-corrected chi connectivity index (χ3v) is 5.68. The van der Waals surface area contributed by atoms with Crippen molar-refractivity contribution in [2.75, 3.05) is 4.90 Å². The number of hydrogen-bond donors (Lipinski definition) is 0. The second kappa shape index (κ2) is 7.26. The zero-order valence-electron chi connectivity index (χ0n) is 13.5. The fourth-order valence-electron chi connectivity index (χ4n) is 2.85. The largest absolute Gasteiger partial charge is 0.311 e. The molecule has 0 fully saturated rings. The first-order valence-electron chi connectivity index (χ1n) is 8.07. The van der Waals surface area contributed by atoms with E-state index in [0.29, 0.717) is 0 Å². The Kier molecular flexibility index (Phi) is 4.68. The highest BCUT2D eigenvalue weighted by atomic mass is 79.9. The summed E-state index contributed by atoms with van der Waals surface area (Å²) in [6.45, 7) is 0. The number of benzene rings is 3. The van der Waals surface area contributed by atoms with Gasteiger partial charge in [0.2, 0.25) is 0 Å². The Bertz CT molecular complexity index is 907. The molecule has 0 aliphatic heterocycles. The van der Waals surface area contributed by atoms with Crippen LogP contribution in [0.25, 0.3) is 10.4 Å². The quantitative estimate of drug-likeness (QED) is 0.336. The van der Waals surface area contributed by atoms with Crippen LogP contribution in [0.4, 0.5) is 17.1 Å². The Labute approximate surface area is 160 Å². The topological polar surface area (TPSA) is 3.24 Å². The van der Waals surface area contributed by atoms with Gasteiger partial charge < -0.3 is 4.90 Å². The smallest absolute Gasteiger partial charge is 0.0705 e. The summed E-state index contributed by atoms with van der Waals surface area (Å²) in [6, 6.07) is 33.9. The zero-order valence-corrected chi connectivity index (χ0v) is 15.9. The van der Waals surface area contributed by atoms with Crippen molar-refractivity contribution in [3.05, 3.63) is 101 Å². The first kappa shape index (κ1) is 16.1. The first-order chi connectivity index (χ1) is 12.3. The normalized spacial score (nSPS) is 10.6. The van der Waals surface area contributed by atoms with Crippen LogP contribution in [0.5, 0.6) is 0 Å². The highest BCUT2D eigenvalue weighted by Gasteiger charge is 2.12. The second-order valence-electron chi connectivity index (χ2n) is 5.66. The van der Waals surface area contributed by atoms with E-state index < -0.39 is 0 Å². The maximum absolute atomic E-state index is 3.54. The lowest BCUT2D eigenvalue weighted by atomic mass is 10.1. The van der Waals surface area contributed by atoms with E-state index in [9.17, 15) is 0 Å². The van der Waals surface area contributed by atoms with Gasteiger partial charge in [-0.2, -0.15) is 0 Å². The minimum absolute atomic E-state index is 1.15. The Hall–Kier alpha value is -2.36. The van der Waals surface area contributed by atoms with E-state index >= 15 is 0 Å². The third-order valence-electron chi connectivity index (χ3n) is 4.01. The van der Waals surface area contributed by atoms with E-state index in [1.807, 2.05) is 12.1 Å². The van der Waals surface area contributed by atoms with Gasteiger partial charge in [0.25, 0.3) is 0 Å². The fourth-order valence-corrected chi connectivity index (χ4v) is 4.24. The van der Waals surface area contributed by atoms with Crippen molar-refractivity contribution in [1.29, 1.82) is 0 Å². The van der Waals surface area contributed by atoms with Gasteiger partial charge in [0.15, 0.2) is 0 Å². The van der Waals surface area contributed by atoms with Crippen molar-refractivity contribution >= 4 is 44.3 Å². The Morgan fingerprint density at radius 3 is 1.56 bits per heavy atom. The molecular weight excluding hydrogens is 390 g/mol. The van der Waals surface area contributed by atoms with Gasteiger partial charge in [-0.3, -0.25) is 0 Å². The van der Waals surface area contributed by atoms with Gasteiger partial charge >= 0.3 is 0 Å². The van der Waals surface area contributed by atoms with Gasteiger partial charge in [-0.25, -0.2) is 0 Å². The van der Waals surface area contributed by atoms with Crippen LogP contribution in [-0.4, -0.2) is 0 Å². The predicted molar refractivity (Wildman–Crippen MR) is 112 cm³/mol. The summed E-state index contributed by atoms with van der Waals surface area (Å²) in [4.78, 5) is 3.54. The summed E-state index contributed by atoms with van der Waals surface area (Å²) in [5.41, 5.74) is 4.69. The molecule has 0 aliphatic carbocycles. The zero-order chi connectivity index (χ0) is 17.1. The molecule has 1 heterocycles. The number of para-hydroxylation sites is 2. The lowest BCUT2D eigenvalue weighted by molar-refractivity contribution is 1.28. The van der Waals surface area contributed by atoms with E-state index in [4.69, 9.17) is 0 Å². The standard InChI is InChI=1S/C22H16BrNS/c23-22-16-15-21(25-22)17-11-13-20(14-12-17)24(18-7-3-1-4-8-18)19-9-5-2-6-10-19/h1-16H. The Balaban J connectivity index is 1.75. The molecule has 3 aromatic carbocycles. The third kappa shape index (κ3) is 3.53. The molecule has 0 saturated heterocycles. The Morgan fingerprint density at radius 1 is 0.560 bits per heavy atom. The number of halogens is 1. The lowest BCUT2D eigenvalue weighted by Crippen LogP contribution is -2.09. The van der Waals surface area contributed by atoms with Crippen LogP contribution in [0.3, 0.4) is 0 Å². The molecule has 122 valence electrons. The number of anilines is 3. The summed E-state index contributed by atoms with van der Waals surface area (Å²) in [7, 11) is 0. The van der Waals surface area contributed by atoms with E-state index in [1.165, 1.54) is 10.4 Å². The van der Waals surface area contributed by atoms with Crippen molar-refractivity contribution in [3.8, 4) is 10.4 Å². The molecule has 0 saturated carbocycles. The average Bonchev–Trinajstić information content (AvgIpc) is 3.11. The van der Waals surface area contributed by atoms with Gasteiger partial charge in [-0.15, -0.1) is 11.3 Å². The molecule has 0 bridgehead atoms. The molecule has 0 spiro atoms. The molecule has 4 aromatic rings. The highest BCUT2D eigenvalue weighted by Crippen LogP contribution is 2.36. The molecule has 0 N–H and O–H groups in total. The van der Waals surface area contributed by atoms with Crippen LogP contribution in [0.2, 0.25) is 0 Å². The van der Waals surface area contributed by atoms with Crippen LogP contribution >= 0.6 is 27.3 Å². The SMILES string of the molecule is Brc1ccc(-c2ccc(N(c3ccccc3)c3ccccc3)cc2)s1. The van der Waals surface area contributed by atoms with Crippen LogP contribution < -0.4 is 4.90 Å². The molecule has 0 unspecified atom stereocenters. The minimum atomic E-state index is 1.15. The number of rotatable bonds is 4. The lowest BCUT2D eigenvalue weighted by Gasteiger charge is -2.25. The fraction of sp³-hybridized carbons (Fsp3) is 0. The molecule has 0 aliphatic rings. The molecule has 0 amide bonds. The first-order valence-corrected chi connectivity index (χ1v) is 9.68. The molecule has 4 rings (SSSR count). The van der Waals surface area contributed by atoms with Crippen LogP contribution in [0.15, 0.2) is 101 Å². The van der Waals surface area contributed by atoms with Crippen molar-refractivity contribution in [1.82, 2.24) is 0 Å². The molecule has 25 heavy (non-hydrogen) atoms. The molecule has 1 nitrogen and oxygen atoms in total. The summed E-state index contributed by atoms with van der Waals surface area (Å²) >= 11 is 5.29. The maximum atomic E-state index is 3.54. The number of thiophene rings is 1. The molecule has 1 aromatic heterocycles. The van der Waals surface area contributed by atoms with Crippen molar-refractivity contribution in [2.45, 2.75) is 0 Å². The molecular formula is C22H16BrNS. The minimum Gasteiger partial charge on any atom is -0.311 e. The summed E-state index contributed by atoms with van der Waals surface area (Å²) in [5.74, 6) is 0. The van der Waals surface area contributed by atoms with Gasteiger partial charge in [0.05, 0.1) is 3.79 Å². The summed E-state index contributed by atoms with van der Waals surface area (Å²) in [6.07, 6.45) is 0. The van der Waals surface area contributed by atoms with E-state index in [1.54, 1.807) is 11.3 Å². The maximum Gasteiger partial charge on any atom is 0.0705 e. The predicted octanol–water partition coefficient (Wildman–Crippen LogP) is 7.65. The van der Waals surface area contributed by atoms with Crippen molar-refractivity contribution in [2.24, 2.45) is 0 Å². The van der Waals surface area contributed by atoms with Crippen LogP contribution in [0.1, 0.15) is 0 Å². The molecule has 0 atom stereocenters. The van der Waals surface area contributed by atoms with Crippen molar-refractivity contribution < 1.29 is 0 Å². The second-order valence-corrected chi connectivity index (χ2v) is 8.12. The average molecular weight is 406 g/mol. The summed E-state index contributed by atoms with van der Waals surface area (Å²) in [5, 5.41) is 0. The highest BCUT2D eigenvalue weighted by molar-refractivity contribution is 9.11. The van der Waals surface area contributed by atoms with E-state index in [0.717, 1.165) is 20.8 Å². The molecule has 0 radical (unpaired) electrons. The van der Waals surface area contributed by atoms with Crippen LogP contribution in [-0.2, 0) is 0 Å². The summed E-state index contributed by atoms with van der Waals surface area (Å²) < 4.78 is 1.15. The van der Waals surface area contributed by atoms with E-state index in [-0.39, 0.29) is 0 Å².